The highest BCUT2D eigenvalue weighted by Gasteiger charge is 2.22. The lowest BCUT2D eigenvalue weighted by Gasteiger charge is -2.17. The first-order chi connectivity index (χ1) is 10.1. The summed E-state index contributed by atoms with van der Waals surface area (Å²) in [5, 5.41) is 2.82. The maximum atomic E-state index is 12.0. The summed E-state index contributed by atoms with van der Waals surface area (Å²) in [7, 11) is 0. The minimum absolute atomic E-state index is 0.0163. The third kappa shape index (κ3) is 7.88. The fourth-order valence-corrected chi connectivity index (χ4v) is 3.01. The van der Waals surface area contributed by atoms with E-state index in [0.717, 1.165) is 44.9 Å². The molecule has 21 heavy (non-hydrogen) atoms. The van der Waals surface area contributed by atoms with Gasteiger partial charge >= 0.3 is 0 Å². The van der Waals surface area contributed by atoms with Crippen molar-refractivity contribution in [1.82, 2.24) is 5.32 Å². The predicted octanol–water partition coefficient (Wildman–Crippen LogP) is 3.06. The minimum Gasteiger partial charge on any atom is -0.368 e. The average Bonchev–Trinajstić information content (AvgIpc) is 2.93. The highest BCUT2D eigenvalue weighted by Crippen LogP contribution is 2.27. The topological polar surface area (TPSA) is 72.2 Å². The Morgan fingerprint density at radius 2 is 1.86 bits per heavy atom. The molecule has 0 spiro atoms. The first kappa shape index (κ1) is 17.7. The van der Waals surface area contributed by atoms with E-state index in [2.05, 4.69) is 11.9 Å². The number of hydrogen-bond donors (Lipinski definition) is 2. The van der Waals surface area contributed by atoms with Crippen molar-refractivity contribution in [2.24, 2.45) is 11.7 Å². The number of carbonyl (C=O) groups excluding carboxylic acids is 2. The van der Waals surface area contributed by atoms with Crippen LogP contribution in [0, 0.1) is 5.92 Å². The SMILES string of the molecule is C=CCCCCCC[C@H](NC(=O)CC1CCCC1)C(N)=O. The van der Waals surface area contributed by atoms with Crippen molar-refractivity contribution in [3.8, 4) is 0 Å². The van der Waals surface area contributed by atoms with Crippen LogP contribution in [-0.2, 0) is 9.59 Å². The van der Waals surface area contributed by atoms with E-state index in [1.54, 1.807) is 0 Å². The Morgan fingerprint density at radius 1 is 1.19 bits per heavy atom. The number of rotatable bonds is 11. The average molecular weight is 294 g/mol. The predicted molar refractivity (Wildman–Crippen MR) is 85.6 cm³/mol. The molecule has 0 aromatic rings. The van der Waals surface area contributed by atoms with Crippen molar-refractivity contribution in [3.05, 3.63) is 12.7 Å². The molecular formula is C17H30N2O2. The van der Waals surface area contributed by atoms with E-state index in [-0.39, 0.29) is 5.91 Å². The van der Waals surface area contributed by atoms with Gasteiger partial charge in [0.2, 0.25) is 11.8 Å². The third-order valence-corrected chi connectivity index (χ3v) is 4.28. The number of nitrogens with one attached hydrogen (secondary N) is 1. The third-order valence-electron chi connectivity index (χ3n) is 4.28. The number of carbonyl (C=O) groups is 2. The summed E-state index contributed by atoms with van der Waals surface area (Å²) in [6, 6.07) is -0.502. The van der Waals surface area contributed by atoms with Crippen LogP contribution in [0.1, 0.15) is 70.6 Å². The monoisotopic (exact) mass is 294 g/mol. The number of allylic oxidation sites excluding steroid dienone is 1. The minimum atomic E-state index is -0.502. The highest BCUT2D eigenvalue weighted by atomic mass is 16.2. The molecule has 0 bridgehead atoms. The zero-order valence-electron chi connectivity index (χ0n) is 13.1. The van der Waals surface area contributed by atoms with E-state index < -0.39 is 11.9 Å². The van der Waals surface area contributed by atoms with Crippen molar-refractivity contribution in [2.45, 2.75) is 76.7 Å². The number of amides is 2. The van der Waals surface area contributed by atoms with Gasteiger partial charge in [0.1, 0.15) is 6.04 Å². The Kier molecular flexibility index (Phi) is 8.79. The van der Waals surface area contributed by atoms with Gasteiger partial charge in [-0.15, -0.1) is 6.58 Å². The number of primary amides is 1. The summed E-state index contributed by atoms with van der Waals surface area (Å²) >= 11 is 0. The van der Waals surface area contributed by atoms with Gasteiger partial charge in [-0.05, 0) is 38.0 Å². The van der Waals surface area contributed by atoms with Gasteiger partial charge in [0.05, 0.1) is 0 Å². The molecule has 1 rings (SSSR count). The number of unbranched alkanes of at least 4 members (excludes halogenated alkanes) is 4. The fourth-order valence-electron chi connectivity index (χ4n) is 3.01. The molecule has 1 aliphatic carbocycles. The maximum Gasteiger partial charge on any atom is 0.239 e. The van der Waals surface area contributed by atoms with Crippen LogP contribution in [0.2, 0.25) is 0 Å². The summed E-state index contributed by atoms with van der Waals surface area (Å²) in [4.78, 5) is 23.4. The zero-order valence-corrected chi connectivity index (χ0v) is 13.1. The normalized spacial score (nSPS) is 16.6. The van der Waals surface area contributed by atoms with Crippen LogP contribution in [-0.4, -0.2) is 17.9 Å². The molecule has 0 saturated heterocycles. The number of nitrogens with two attached hydrogens (primary N) is 1. The molecule has 1 saturated carbocycles. The molecule has 0 aliphatic heterocycles. The molecule has 1 fully saturated rings. The lowest BCUT2D eigenvalue weighted by Crippen LogP contribution is -2.44. The van der Waals surface area contributed by atoms with E-state index in [1.807, 2.05) is 6.08 Å². The molecule has 1 aliphatic rings. The van der Waals surface area contributed by atoms with Crippen LogP contribution >= 0.6 is 0 Å². The zero-order chi connectivity index (χ0) is 15.5. The van der Waals surface area contributed by atoms with E-state index in [1.165, 1.54) is 12.8 Å². The van der Waals surface area contributed by atoms with Gasteiger partial charge in [-0.2, -0.15) is 0 Å². The summed E-state index contributed by atoms with van der Waals surface area (Å²) in [5.41, 5.74) is 5.39. The van der Waals surface area contributed by atoms with Crippen molar-refractivity contribution in [3.63, 3.8) is 0 Å². The lowest BCUT2D eigenvalue weighted by atomic mass is 10.0. The fraction of sp³-hybridized carbons (Fsp3) is 0.765. The van der Waals surface area contributed by atoms with Crippen LogP contribution < -0.4 is 11.1 Å². The Bertz CT molecular complexity index is 336. The molecule has 2 amide bonds. The lowest BCUT2D eigenvalue weighted by molar-refractivity contribution is -0.128. The second-order valence-electron chi connectivity index (χ2n) is 6.16. The smallest absolute Gasteiger partial charge is 0.239 e. The van der Waals surface area contributed by atoms with Gasteiger partial charge in [0.25, 0.3) is 0 Å². The van der Waals surface area contributed by atoms with E-state index in [0.29, 0.717) is 18.8 Å². The first-order valence-electron chi connectivity index (χ1n) is 8.33. The van der Waals surface area contributed by atoms with Crippen molar-refractivity contribution in [1.29, 1.82) is 0 Å². The molecule has 120 valence electrons. The standard InChI is InChI=1S/C17H30N2O2/c1-2-3-4-5-6-7-12-15(17(18)21)19-16(20)13-14-10-8-9-11-14/h2,14-15H,1,3-13H2,(H2,18,21)(H,19,20)/t15-/m0/s1. The van der Waals surface area contributed by atoms with E-state index in [9.17, 15) is 9.59 Å². The van der Waals surface area contributed by atoms with Gasteiger partial charge in [0, 0.05) is 6.42 Å². The van der Waals surface area contributed by atoms with Crippen LogP contribution in [0.25, 0.3) is 0 Å². The highest BCUT2D eigenvalue weighted by molar-refractivity contribution is 5.86. The van der Waals surface area contributed by atoms with Gasteiger partial charge in [0.15, 0.2) is 0 Å². The molecule has 0 heterocycles. The Hall–Kier alpha value is -1.32. The van der Waals surface area contributed by atoms with Gasteiger partial charge < -0.3 is 11.1 Å². The molecule has 0 unspecified atom stereocenters. The Morgan fingerprint density at radius 3 is 2.48 bits per heavy atom. The largest absolute Gasteiger partial charge is 0.368 e. The summed E-state index contributed by atoms with van der Waals surface area (Å²) in [5.74, 6) is 0.0654. The van der Waals surface area contributed by atoms with Crippen LogP contribution in [0.4, 0.5) is 0 Å². The van der Waals surface area contributed by atoms with E-state index in [4.69, 9.17) is 5.73 Å². The quantitative estimate of drug-likeness (QED) is 0.454. The Labute approximate surface area is 128 Å². The first-order valence-corrected chi connectivity index (χ1v) is 8.33. The second kappa shape index (κ2) is 10.4. The van der Waals surface area contributed by atoms with Crippen LogP contribution in [0.3, 0.4) is 0 Å². The molecule has 4 heteroatoms. The van der Waals surface area contributed by atoms with Crippen LogP contribution in [0.5, 0.6) is 0 Å². The summed E-state index contributed by atoms with van der Waals surface area (Å²) in [6.45, 7) is 3.70. The molecule has 3 N–H and O–H groups in total. The van der Waals surface area contributed by atoms with Crippen LogP contribution in [0.15, 0.2) is 12.7 Å². The van der Waals surface area contributed by atoms with Gasteiger partial charge in [-0.3, -0.25) is 9.59 Å². The summed E-state index contributed by atoms with van der Waals surface area (Å²) < 4.78 is 0. The van der Waals surface area contributed by atoms with Crippen molar-refractivity contribution in [2.75, 3.05) is 0 Å². The molecule has 0 aromatic heterocycles. The molecule has 4 nitrogen and oxygen atoms in total. The molecule has 0 aromatic carbocycles. The molecule has 1 atom stereocenters. The van der Waals surface area contributed by atoms with Crippen molar-refractivity contribution >= 4 is 11.8 Å². The second-order valence-corrected chi connectivity index (χ2v) is 6.16. The molecule has 0 radical (unpaired) electrons. The van der Waals surface area contributed by atoms with E-state index >= 15 is 0 Å². The molecular weight excluding hydrogens is 264 g/mol. The Balaban J connectivity index is 2.20. The van der Waals surface area contributed by atoms with Crippen molar-refractivity contribution < 1.29 is 9.59 Å². The number of hydrogen-bond acceptors (Lipinski definition) is 2. The van der Waals surface area contributed by atoms with Gasteiger partial charge in [-0.1, -0.05) is 38.2 Å². The van der Waals surface area contributed by atoms with Gasteiger partial charge in [-0.25, -0.2) is 0 Å². The maximum absolute atomic E-state index is 12.0. The summed E-state index contributed by atoms with van der Waals surface area (Å²) in [6.07, 6.45) is 13.1.